The number of hydrogen-bond donors (Lipinski definition) is 1. The van der Waals surface area contributed by atoms with Crippen LogP contribution in [0, 0.1) is 6.92 Å². The number of fused-ring (bicyclic) bond motifs is 1. The number of aromatic nitrogens is 3. The van der Waals surface area contributed by atoms with Crippen molar-refractivity contribution in [3.63, 3.8) is 0 Å². The van der Waals surface area contributed by atoms with Gasteiger partial charge in [-0.25, -0.2) is 9.97 Å². The second-order valence-electron chi connectivity index (χ2n) is 8.15. The van der Waals surface area contributed by atoms with Crippen molar-refractivity contribution >= 4 is 28.4 Å². The lowest BCUT2D eigenvalue weighted by atomic mass is 10.1. The first-order valence-corrected chi connectivity index (χ1v) is 10.9. The number of halogens is 1. The Morgan fingerprint density at radius 2 is 2.00 bits per heavy atom. The number of nitrogens with zero attached hydrogens (tertiary/aromatic N) is 3. The highest BCUT2D eigenvalue weighted by molar-refractivity contribution is 6.32. The van der Waals surface area contributed by atoms with E-state index in [1.807, 2.05) is 20.8 Å². The van der Waals surface area contributed by atoms with Gasteiger partial charge in [-0.1, -0.05) is 11.6 Å². The zero-order chi connectivity index (χ0) is 23.0. The molecule has 1 fully saturated rings. The average molecular weight is 457 g/mol. The zero-order valence-electron chi connectivity index (χ0n) is 18.4. The third-order valence-corrected chi connectivity index (χ3v) is 5.68. The second kappa shape index (κ2) is 8.88. The number of carbonyl (C=O) groups excluding carboxylic acids is 1. The Morgan fingerprint density at radius 3 is 2.66 bits per heavy atom. The molecule has 3 heterocycles. The maximum absolute atomic E-state index is 12.8. The molecule has 9 heteroatoms. The predicted octanol–water partition coefficient (Wildman–Crippen LogP) is 3.67. The number of amides is 1. The standard InChI is InChI=1S/C23H25ClN4O4/c1-12-10-28(11-13(2)31-12)23(30)20-6-5-16(9-25-20)32-14(3)17-7-18-21(8-19(17)24)26-15(4)27-22(18)29/h5-9,12-14H,10-11H2,1-4H3,(H,26,27,29)/t12-,13+,14-/m0/s1. The SMILES string of the molecule is Cc1nc2cc(Cl)c([C@H](C)Oc3ccc(C(=O)N4C[C@@H](C)O[C@@H](C)C4)nc3)cc2c(=O)[nH]1. The minimum atomic E-state index is -0.447. The van der Waals surface area contributed by atoms with Crippen LogP contribution in [0.1, 0.15) is 48.8 Å². The van der Waals surface area contributed by atoms with Gasteiger partial charge >= 0.3 is 0 Å². The highest BCUT2D eigenvalue weighted by Crippen LogP contribution is 2.30. The number of ether oxygens (including phenoxy) is 2. The van der Waals surface area contributed by atoms with Gasteiger partial charge in [-0.05, 0) is 52.0 Å². The van der Waals surface area contributed by atoms with Crippen molar-refractivity contribution in [2.45, 2.75) is 46.0 Å². The zero-order valence-corrected chi connectivity index (χ0v) is 19.1. The second-order valence-corrected chi connectivity index (χ2v) is 8.56. The van der Waals surface area contributed by atoms with Gasteiger partial charge in [-0.3, -0.25) is 9.59 Å². The van der Waals surface area contributed by atoms with E-state index in [9.17, 15) is 9.59 Å². The van der Waals surface area contributed by atoms with E-state index >= 15 is 0 Å². The lowest BCUT2D eigenvalue weighted by Gasteiger charge is -2.35. The number of benzene rings is 1. The van der Waals surface area contributed by atoms with E-state index in [1.165, 1.54) is 6.20 Å². The van der Waals surface area contributed by atoms with Crippen LogP contribution in [-0.2, 0) is 4.74 Å². The summed E-state index contributed by atoms with van der Waals surface area (Å²) in [6, 6.07) is 6.71. The molecule has 0 radical (unpaired) electrons. The minimum Gasteiger partial charge on any atom is -0.484 e. The van der Waals surface area contributed by atoms with Crippen molar-refractivity contribution in [3.05, 3.63) is 62.9 Å². The van der Waals surface area contributed by atoms with Crippen LogP contribution in [0.25, 0.3) is 10.9 Å². The van der Waals surface area contributed by atoms with Gasteiger partial charge in [0.2, 0.25) is 0 Å². The number of H-pyrrole nitrogens is 1. The monoisotopic (exact) mass is 456 g/mol. The molecule has 1 saturated heterocycles. The largest absolute Gasteiger partial charge is 0.484 e. The van der Waals surface area contributed by atoms with Crippen molar-refractivity contribution in [2.24, 2.45) is 0 Å². The van der Waals surface area contributed by atoms with Crippen molar-refractivity contribution in [1.29, 1.82) is 0 Å². The number of carbonyl (C=O) groups is 1. The minimum absolute atomic E-state index is 0.00999. The molecule has 4 rings (SSSR count). The van der Waals surface area contributed by atoms with Gasteiger partial charge in [0.05, 0.1) is 29.3 Å². The summed E-state index contributed by atoms with van der Waals surface area (Å²) in [6.07, 6.45) is 1.05. The number of morpholine rings is 1. The van der Waals surface area contributed by atoms with Crippen molar-refractivity contribution in [1.82, 2.24) is 19.9 Å². The van der Waals surface area contributed by atoms with E-state index in [4.69, 9.17) is 21.1 Å². The van der Waals surface area contributed by atoms with Crippen LogP contribution in [0.3, 0.4) is 0 Å². The van der Waals surface area contributed by atoms with Crippen molar-refractivity contribution in [3.8, 4) is 5.75 Å². The van der Waals surface area contributed by atoms with Crippen molar-refractivity contribution < 1.29 is 14.3 Å². The van der Waals surface area contributed by atoms with Crippen LogP contribution in [0.4, 0.5) is 0 Å². The van der Waals surface area contributed by atoms with Gasteiger partial charge in [0.15, 0.2) is 0 Å². The fraction of sp³-hybridized carbons (Fsp3) is 0.391. The third-order valence-electron chi connectivity index (χ3n) is 5.36. The summed E-state index contributed by atoms with van der Waals surface area (Å²) in [6.45, 7) is 8.52. The summed E-state index contributed by atoms with van der Waals surface area (Å²) in [5.41, 5.74) is 1.31. The summed E-state index contributed by atoms with van der Waals surface area (Å²) < 4.78 is 11.7. The molecule has 8 nitrogen and oxygen atoms in total. The van der Waals surface area contributed by atoms with Crippen LogP contribution >= 0.6 is 11.6 Å². The van der Waals surface area contributed by atoms with Crippen LogP contribution in [-0.4, -0.2) is 51.1 Å². The average Bonchev–Trinajstić information content (AvgIpc) is 2.72. The molecule has 0 unspecified atom stereocenters. The molecule has 0 aliphatic carbocycles. The van der Waals surface area contributed by atoms with Gasteiger partial charge in [-0.2, -0.15) is 0 Å². The molecule has 1 aliphatic heterocycles. The Labute approximate surface area is 190 Å². The Balaban J connectivity index is 1.50. The van der Waals surface area contributed by atoms with Gasteiger partial charge < -0.3 is 19.4 Å². The van der Waals surface area contributed by atoms with Crippen LogP contribution in [0.2, 0.25) is 5.02 Å². The summed E-state index contributed by atoms with van der Waals surface area (Å²) in [7, 11) is 0. The number of hydrogen-bond acceptors (Lipinski definition) is 6. The van der Waals surface area contributed by atoms with Gasteiger partial charge in [-0.15, -0.1) is 0 Å². The Hall–Kier alpha value is -2.97. The molecular formula is C23H25ClN4O4. The summed E-state index contributed by atoms with van der Waals surface area (Å²) in [5.74, 6) is 0.883. The molecular weight excluding hydrogens is 432 g/mol. The first-order chi connectivity index (χ1) is 15.2. The number of nitrogens with one attached hydrogen (secondary N) is 1. The molecule has 3 aromatic rings. The molecule has 1 N–H and O–H groups in total. The quantitative estimate of drug-likeness (QED) is 0.643. The summed E-state index contributed by atoms with van der Waals surface area (Å²) in [5, 5.41) is 0.899. The third kappa shape index (κ3) is 4.61. The molecule has 2 aromatic heterocycles. The first kappa shape index (κ1) is 22.2. The maximum Gasteiger partial charge on any atom is 0.272 e. The fourth-order valence-electron chi connectivity index (χ4n) is 3.96. The first-order valence-electron chi connectivity index (χ1n) is 10.5. The van der Waals surface area contributed by atoms with E-state index in [-0.39, 0.29) is 23.7 Å². The Morgan fingerprint density at radius 1 is 1.28 bits per heavy atom. The van der Waals surface area contributed by atoms with Crippen LogP contribution in [0.15, 0.2) is 35.3 Å². The van der Waals surface area contributed by atoms with E-state index in [0.29, 0.717) is 51.8 Å². The molecule has 0 spiro atoms. The van der Waals surface area contributed by atoms with Gasteiger partial charge in [0.25, 0.3) is 11.5 Å². The van der Waals surface area contributed by atoms with Crippen LogP contribution in [0.5, 0.6) is 5.75 Å². The Bertz CT molecular complexity index is 1200. The molecule has 32 heavy (non-hydrogen) atoms. The van der Waals surface area contributed by atoms with E-state index < -0.39 is 6.10 Å². The maximum atomic E-state index is 12.8. The normalized spacial score (nSPS) is 19.7. The predicted molar refractivity (Wildman–Crippen MR) is 121 cm³/mol. The smallest absolute Gasteiger partial charge is 0.272 e. The molecule has 0 bridgehead atoms. The highest BCUT2D eigenvalue weighted by Gasteiger charge is 2.27. The van der Waals surface area contributed by atoms with E-state index in [1.54, 1.807) is 36.1 Å². The molecule has 0 saturated carbocycles. The van der Waals surface area contributed by atoms with E-state index in [0.717, 1.165) is 0 Å². The summed E-state index contributed by atoms with van der Waals surface area (Å²) in [4.78, 5) is 38.1. The molecule has 3 atom stereocenters. The Kier molecular flexibility index (Phi) is 6.17. The topological polar surface area (TPSA) is 97.4 Å². The van der Waals surface area contributed by atoms with Crippen LogP contribution < -0.4 is 10.3 Å². The fourth-order valence-corrected chi connectivity index (χ4v) is 4.27. The highest BCUT2D eigenvalue weighted by atomic mass is 35.5. The molecule has 1 aromatic carbocycles. The summed E-state index contributed by atoms with van der Waals surface area (Å²) >= 11 is 6.44. The molecule has 1 amide bonds. The van der Waals surface area contributed by atoms with Gasteiger partial charge in [0.1, 0.15) is 23.4 Å². The number of aromatic amines is 1. The van der Waals surface area contributed by atoms with E-state index in [2.05, 4.69) is 15.0 Å². The molecule has 168 valence electrons. The number of rotatable bonds is 4. The number of aryl methyl sites for hydroxylation is 1. The lowest BCUT2D eigenvalue weighted by Crippen LogP contribution is -2.48. The lowest BCUT2D eigenvalue weighted by molar-refractivity contribution is -0.0587. The van der Waals surface area contributed by atoms with Gasteiger partial charge in [0, 0.05) is 23.7 Å². The van der Waals surface area contributed by atoms with Crippen molar-refractivity contribution in [2.75, 3.05) is 13.1 Å². The number of pyridine rings is 1. The molecule has 1 aliphatic rings.